The van der Waals surface area contributed by atoms with E-state index in [2.05, 4.69) is 13.8 Å². The maximum Gasteiger partial charge on any atom is 0.121 e. The first kappa shape index (κ1) is 6.70. The Kier molecular flexibility index (Phi) is 1.49. The van der Waals surface area contributed by atoms with Gasteiger partial charge in [0.25, 0.3) is 0 Å². The number of alkyl halides is 2. The first-order valence-corrected chi connectivity index (χ1v) is 3.67. The third-order valence-corrected chi connectivity index (χ3v) is 2.55. The molecule has 8 heavy (non-hydrogen) atoms. The fourth-order valence-electron chi connectivity index (χ4n) is 0.958. The highest BCUT2D eigenvalue weighted by Gasteiger charge is 2.52. The zero-order valence-corrected chi connectivity index (χ0v) is 6.63. The Labute approximate surface area is 60.2 Å². The van der Waals surface area contributed by atoms with Gasteiger partial charge in [-0.15, -0.1) is 23.2 Å². The zero-order valence-electron chi connectivity index (χ0n) is 5.12. The van der Waals surface area contributed by atoms with Gasteiger partial charge in [0.2, 0.25) is 0 Å². The molecule has 0 saturated heterocycles. The van der Waals surface area contributed by atoms with E-state index in [9.17, 15) is 0 Å². The average Bonchev–Trinajstić information content (AvgIpc) is 2.13. The van der Waals surface area contributed by atoms with Gasteiger partial charge in [-0.05, 0) is 18.3 Å². The van der Waals surface area contributed by atoms with Crippen LogP contribution in [-0.2, 0) is 0 Å². The van der Waals surface area contributed by atoms with Crippen LogP contribution in [0.4, 0.5) is 0 Å². The van der Waals surface area contributed by atoms with E-state index in [0.717, 1.165) is 6.42 Å². The van der Waals surface area contributed by atoms with Gasteiger partial charge in [0, 0.05) is 0 Å². The lowest BCUT2D eigenvalue weighted by Crippen LogP contribution is -1.97. The van der Waals surface area contributed by atoms with Gasteiger partial charge in [-0.3, -0.25) is 0 Å². The molecule has 0 N–H and O–H groups in total. The number of halogens is 2. The molecule has 1 aliphatic carbocycles. The van der Waals surface area contributed by atoms with Gasteiger partial charge in [0.05, 0.1) is 0 Å². The van der Waals surface area contributed by atoms with Gasteiger partial charge in [0.15, 0.2) is 0 Å². The van der Waals surface area contributed by atoms with Crippen LogP contribution in [0.25, 0.3) is 0 Å². The van der Waals surface area contributed by atoms with Crippen molar-refractivity contribution < 1.29 is 0 Å². The van der Waals surface area contributed by atoms with Gasteiger partial charge >= 0.3 is 0 Å². The summed E-state index contributed by atoms with van der Waals surface area (Å²) in [5, 5.41) is 0. The fourth-order valence-corrected chi connectivity index (χ4v) is 1.79. The lowest BCUT2D eigenvalue weighted by atomic mass is 10.1. The van der Waals surface area contributed by atoms with E-state index in [1.807, 2.05) is 0 Å². The normalized spacial score (nSPS) is 33.4. The molecule has 0 spiro atoms. The Balaban J connectivity index is 2.37. The van der Waals surface area contributed by atoms with E-state index in [-0.39, 0.29) is 4.33 Å². The van der Waals surface area contributed by atoms with E-state index in [4.69, 9.17) is 23.2 Å². The summed E-state index contributed by atoms with van der Waals surface area (Å²) in [7, 11) is 0. The predicted octanol–water partition coefficient (Wildman–Crippen LogP) is 2.84. The third kappa shape index (κ3) is 1.11. The Morgan fingerprint density at radius 3 is 1.88 bits per heavy atom. The molecule has 0 aromatic carbocycles. The van der Waals surface area contributed by atoms with Crippen LogP contribution in [0.5, 0.6) is 0 Å². The van der Waals surface area contributed by atoms with Crippen molar-refractivity contribution in [2.24, 2.45) is 11.8 Å². The van der Waals surface area contributed by atoms with Crippen molar-refractivity contribution in [1.82, 2.24) is 0 Å². The highest BCUT2D eigenvalue weighted by atomic mass is 35.5. The molecular weight excluding hydrogens is 143 g/mol. The molecule has 0 bridgehead atoms. The maximum atomic E-state index is 5.77. The van der Waals surface area contributed by atoms with Crippen molar-refractivity contribution in [2.75, 3.05) is 0 Å². The Morgan fingerprint density at radius 2 is 1.88 bits per heavy atom. The standard InChI is InChI=1S/C6H10Cl2/c1-4(2)5-3-6(5,7)8/h4-5H,3H2,1-2H3. The summed E-state index contributed by atoms with van der Waals surface area (Å²) >= 11 is 11.5. The second kappa shape index (κ2) is 1.78. The average molecular weight is 153 g/mol. The van der Waals surface area contributed by atoms with E-state index in [1.165, 1.54) is 0 Å². The van der Waals surface area contributed by atoms with E-state index >= 15 is 0 Å². The summed E-state index contributed by atoms with van der Waals surface area (Å²) in [6.45, 7) is 4.30. The van der Waals surface area contributed by atoms with Gasteiger partial charge in [0.1, 0.15) is 4.33 Å². The second-order valence-corrected chi connectivity index (χ2v) is 4.36. The van der Waals surface area contributed by atoms with Gasteiger partial charge < -0.3 is 0 Å². The Morgan fingerprint density at radius 1 is 1.50 bits per heavy atom. The van der Waals surface area contributed by atoms with Crippen molar-refractivity contribution in [3.05, 3.63) is 0 Å². The molecule has 0 amide bonds. The lowest BCUT2D eigenvalue weighted by molar-refractivity contribution is 0.558. The molecule has 0 aromatic heterocycles. The van der Waals surface area contributed by atoms with Gasteiger partial charge in [-0.25, -0.2) is 0 Å². The van der Waals surface area contributed by atoms with Crippen molar-refractivity contribution in [3.63, 3.8) is 0 Å². The number of hydrogen-bond acceptors (Lipinski definition) is 0. The highest BCUT2D eigenvalue weighted by molar-refractivity contribution is 6.50. The van der Waals surface area contributed by atoms with Crippen LogP contribution in [0.1, 0.15) is 20.3 Å². The minimum atomic E-state index is -0.367. The van der Waals surface area contributed by atoms with Crippen LogP contribution >= 0.6 is 23.2 Å². The molecular formula is C6H10Cl2. The van der Waals surface area contributed by atoms with Crippen LogP contribution < -0.4 is 0 Å². The Bertz CT molecular complexity index is 96.7. The van der Waals surface area contributed by atoms with Crippen molar-refractivity contribution >= 4 is 23.2 Å². The molecule has 0 radical (unpaired) electrons. The lowest BCUT2D eigenvalue weighted by Gasteiger charge is -2.00. The minimum Gasteiger partial charge on any atom is -0.101 e. The molecule has 1 aliphatic rings. The van der Waals surface area contributed by atoms with Crippen LogP contribution in [0, 0.1) is 11.8 Å². The molecule has 1 atom stereocenters. The molecule has 1 fully saturated rings. The third-order valence-electron chi connectivity index (χ3n) is 1.68. The van der Waals surface area contributed by atoms with E-state index in [1.54, 1.807) is 0 Å². The van der Waals surface area contributed by atoms with Gasteiger partial charge in [-0.2, -0.15) is 0 Å². The fraction of sp³-hybridized carbons (Fsp3) is 1.00. The summed E-state index contributed by atoms with van der Waals surface area (Å²) in [6.07, 6.45) is 0.980. The minimum absolute atomic E-state index is 0.367. The van der Waals surface area contributed by atoms with Gasteiger partial charge in [-0.1, -0.05) is 13.8 Å². The van der Waals surface area contributed by atoms with Crippen molar-refractivity contribution in [1.29, 1.82) is 0 Å². The highest BCUT2D eigenvalue weighted by Crippen LogP contribution is 2.56. The molecule has 0 aromatic rings. The molecule has 1 rings (SSSR count). The number of hydrogen-bond donors (Lipinski definition) is 0. The molecule has 0 aliphatic heterocycles. The summed E-state index contributed by atoms with van der Waals surface area (Å²) in [5.74, 6) is 1.19. The van der Waals surface area contributed by atoms with Crippen LogP contribution in [0.2, 0.25) is 0 Å². The van der Waals surface area contributed by atoms with E-state index in [0.29, 0.717) is 11.8 Å². The largest absolute Gasteiger partial charge is 0.121 e. The SMILES string of the molecule is CC(C)C1CC1(Cl)Cl. The quantitative estimate of drug-likeness (QED) is 0.508. The topological polar surface area (TPSA) is 0 Å². The first-order valence-electron chi connectivity index (χ1n) is 2.92. The van der Waals surface area contributed by atoms with Crippen LogP contribution in [0.3, 0.4) is 0 Å². The maximum absolute atomic E-state index is 5.77. The zero-order chi connectivity index (χ0) is 6.36. The molecule has 2 heteroatoms. The summed E-state index contributed by atoms with van der Waals surface area (Å²) in [4.78, 5) is 0. The van der Waals surface area contributed by atoms with Crippen molar-refractivity contribution in [2.45, 2.75) is 24.6 Å². The smallest absolute Gasteiger partial charge is 0.101 e. The summed E-state index contributed by atoms with van der Waals surface area (Å²) in [6, 6.07) is 0. The monoisotopic (exact) mass is 152 g/mol. The predicted molar refractivity (Wildman–Crippen MR) is 37.4 cm³/mol. The molecule has 0 nitrogen and oxygen atoms in total. The summed E-state index contributed by atoms with van der Waals surface area (Å²) in [5.41, 5.74) is 0. The second-order valence-electron chi connectivity index (χ2n) is 2.82. The first-order chi connectivity index (χ1) is 3.54. The number of rotatable bonds is 1. The molecule has 1 saturated carbocycles. The Hall–Kier alpha value is 0.580. The molecule has 0 heterocycles. The van der Waals surface area contributed by atoms with Crippen LogP contribution in [-0.4, -0.2) is 4.33 Å². The van der Waals surface area contributed by atoms with Crippen molar-refractivity contribution in [3.8, 4) is 0 Å². The summed E-state index contributed by atoms with van der Waals surface area (Å²) < 4.78 is -0.367. The molecule has 1 unspecified atom stereocenters. The molecule has 48 valence electrons. The van der Waals surface area contributed by atoms with E-state index < -0.39 is 0 Å². The van der Waals surface area contributed by atoms with Crippen LogP contribution in [0.15, 0.2) is 0 Å².